The van der Waals surface area contributed by atoms with Gasteiger partial charge in [0, 0.05) is 6.57 Å². The summed E-state index contributed by atoms with van der Waals surface area (Å²) in [7, 11) is 0. The highest BCUT2D eigenvalue weighted by Gasteiger charge is 2.19. The van der Waals surface area contributed by atoms with Gasteiger partial charge in [0.15, 0.2) is 5.78 Å². The molecule has 0 aromatic heterocycles. The molecule has 1 aliphatic heterocycles. The van der Waals surface area contributed by atoms with Gasteiger partial charge in [-0.25, -0.2) is 5.26 Å². The Hall–Kier alpha value is -0.560. The molecular formula is C6H3Cl3N2O. The maximum absolute atomic E-state index is 10.7. The van der Waals surface area contributed by atoms with Crippen molar-refractivity contribution in [3.05, 3.63) is 10.1 Å². The first-order valence-corrected chi connectivity index (χ1v) is 3.81. The highest BCUT2D eigenvalue weighted by atomic mass is 35.5. The largest absolute Gasteiger partial charge is 0.291 e. The van der Waals surface area contributed by atoms with Crippen molar-refractivity contribution in [1.29, 1.82) is 5.26 Å². The standard InChI is InChI=1S/C5H2Cl3NO.CHN/c6-3-2(10)1-9-5(8)4(3)7;1-2/h1H2;1H. The fourth-order valence-electron chi connectivity index (χ4n) is 0.493. The summed E-state index contributed by atoms with van der Waals surface area (Å²) in [5.74, 6) is -0.295. The minimum Gasteiger partial charge on any atom is -0.291 e. The van der Waals surface area contributed by atoms with Crippen LogP contribution in [0.2, 0.25) is 0 Å². The van der Waals surface area contributed by atoms with E-state index < -0.39 is 0 Å². The molecule has 0 unspecified atom stereocenters. The first-order valence-electron chi connectivity index (χ1n) is 2.67. The van der Waals surface area contributed by atoms with Crippen molar-refractivity contribution in [2.24, 2.45) is 4.99 Å². The number of Topliss-reactive ketones (excluding diaryl/α,β-unsaturated/α-hetero) is 1. The molecule has 0 amide bonds. The highest BCUT2D eigenvalue weighted by molar-refractivity contribution is 6.78. The SMILES string of the molecule is C#N.O=C1CN=C(Cl)C(Cl)=C1Cl. The summed E-state index contributed by atoms with van der Waals surface area (Å²) in [6, 6.07) is 0. The van der Waals surface area contributed by atoms with Crippen LogP contribution < -0.4 is 0 Å². The number of carbonyl (C=O) groups is 1. The maximum atomic E-state index is 10.7. The van der Waals surface area contributed by atoms with E-state index in [1.165, 1.54) is 0 Å². The Morgan fingerprint density at radius 2 is 1.75 bits per heavy atom. The monoisotopic (exact) mass is 224 g/mol. The van der Waals surface area contributed by atoms with Gasteiger partial charge in [-0.3, -0.25) is 9.79 Å². The Morgan fingerprint density at radius 1 is 1.25 bits per heavy atom. The molecule has 0 N–H and O–H groups in total. The van der Waals surface area contributed by atoms with E-state index in [9.17, 15) is 4.79 Å². The van der Waals surface area contributed by atoms with Crippen LogP contribution in [0.1, 0.15) is 0 Å². The molecule has 0 spiro atoms. The van der Waals surface area contributed by atoms with Gasteiger partial charge in [0.05, 0.1) is 5.03 Å². The summed E-state index contributed by atoms with van der Waals surface area (Å²) >= 11 is 16.4. The lowest BCUT2D eigenvalue weighted by atomic mass is 10.3. The third-order valence-corrected chi connectivity index (χ3v) is 2.25. The number of hydrogen-bond donors (Lipinski definition) is 0. The van der Waals surface area contributed by atoms with Gasteiger partial charge in [-0.05, 0) is 0 Å². The Kier molecular flexibility index (Phi) is 4.91. The van der Waals surface area contributed by atoms with Crippen LogP contribution >= 0.6 is 34.8 Å². The molecule has 0 aromatic rings. The normalized spacial score (nSPS) is 16.4. The van der Waals surface area contributed by atoms with Gasteiger partial charge in [0.1, 0.15) is 16.7 Å². The van der Waals surface area contributed by atoms with E-state index in [-0.39, 0.29) is 27.6 Å². The fourth-order valence-corrected chi connectivity index (χ4v) is 1.01. The zero-order chi connectivity index (χ0) is 9.72. The molecule has 1 heterocycles. The van der Waals surface area contributed by atoms with E-state index in [0.717, 1.165) is 0 Å². The number of allylic oxidation sites excluding steroid dienone is 1. The van der Waals surface area contributed by atoms with Crippen LogP contribution in [0.3, 0.4) is 0 Å². The molecule has 0 radical (unpaired) electrons. The quantitative estimate of drug-likeness (QED) is 0.633. The summed E-state index contributed by atoms with van der Waals surface area (Å²) in [6.07, 6.45) is 0. The lowest BCUT2D eigenvalue weighted by Gasteiger charge is -2.05. The van der Waals surface area contributed by atoms with Gasteiger partial charge >= 0.3 is 0 Å². The molecule has 1 rings (SSSR count). The number of aliphatic imine (C=N–C) groups is 1. The molecule has 0 fully saturated rings. The number of halogens is 3. The van der Waals surface area contributed by atoms with Crippen LogP contribution in [0.5, 0.6) is 0 Å². The van der Waals surface area contributed by atoms with Crippen LogP contribution in [0, 0.1) is 11.8 Å². The third kappa shape index (κ3) is 2.49. The van der Waals surface area contributed by atoms with Crippen molar-refractivity contribution < 1.29 is 4.79 Å². The predicted molar refractivity (Wildman–Crippen MR) is 48.6 cm³/mol. The van der Waals surface area contributed by atoms with Gasteiger partial charge in [0.2, 0.25) is 0 Å². The van der Waals surface area contributed by atoms with Crippen LogP contribution in [-0.2, 0) is 4.79 Å². The minimum atomic E-state index is -0.295. The van der Waals surface area contributed by atoms with E-state index in [4.69, 9.17) is 40.1 Å². The van der Waals surface area contributed by atoms with E-state index >= 15 is 0 Å². The molecule has 1 aliphatic rings. The topological polar surface area (TPSA) is 53.2 Å². The number of nitrogens with zero attached hydrogens (tertiary/aromatic N) is 2. The lowest BCUT2D eigenvalue weighted by molar-refractivity contribution is -0.113. The Morgan fingerprint density at radius 3 is 2.17 bits per heavy atom. The van der Waals surface area contributed by atoms with Crippen molar-refractivity contribution in [1.82, 2.24) is 0 Å². The van der Waals surface area contributed by atoms with Crippen LogP contribution in [0.25, 0.3) is 0 Å². The zero-order valence-electron chi connectivity index (χ0n) is 5.72. The van der Waals surface area contributed by atoms with E-state index in [1.54, 1.807) is 0 Å². The number of rotatable bonds is 0. The zero-order valence-corrected chi connectivity index (χ0v) is 7.99. The van der Waals surface area contributed by atoms with Gasteiger partial charge in [-0.2, -0.15) is 0 Å². The summed E-state index contributed by atoms with van der Waals surface area (Å²) in [6.45, 7) is 3.49. The van der Waals surface area contributed by atoms with Crippen LogP contribution in [-0.4, -0.2) is 17.5 Å². The number of hydrogen-bond acceptors (Lipinski definition) is 3. The van der Waals surface area contributed by atoms with E-state index in [2.05, 4.69) is 11.6 Å². The molecule has 6 heteroatoms. The number of dihydropyridines is 1. The molecule has 0 bridgehead atoms. The van der Waals surface area contributed by atoms with Crippen LogP contribution in [0.15, 0.2) is 15.1 Å². The number of ketones is 1. The Bertz CT molecular complexity index is 276. The van der Waals surface area contributed by atoms with Crippen molar-refractivity contribution in [3.8, 4) is 6.57 Å². The van der Waals surface area contributed by atoms with Crippen molar-refractivity contribution in [2.75, 3.05) is 6.54 Å². The second-order valence-electron chi connectivity index (χ2n) is 1.66. The molecule has 0 atom stereocenters. The summed E-state index contributed by atoms with van der Waals surface area (Å²) in [5.41, 5.74) is 0. The highest BCUT2D eigenvalue weighted by Crippen LogP contribution is 2.22. The van der Waals surface area contributed by atoms with Crippen LogP contribution in [0.4, 0.5) is 0 Å². The molecule has 0 saturated carbocycles. The van der Waals surface area contributed by atoms with Crippen molar-refractivity contribution in [3.63, 3.8) is 0 Å². The smallest absolute Gasteiger partial charge is 0.197 e. The molecule has 0 saturated heterocycles. The average Bonchev–Trinajstić information content (AvgIpc) is 2.12. The van der Waals surface area contributed by atoms with Gasteiger partial charge in [-0.15, -0.1) is 0 Å². The third-order valence-electron chi connectivity index (χ3n) is 0.980. The van der Waals surface area contributed by atoms with Gasteiger partial charge in [-0.1, -0.05) is 34.8 Å². The fraction of sp³-hybridized carbons (Fsp3) is 0.167. The first-order chi connectivity index (χ1) is 5.63. The summed E-state index contributed by atoms with van der Waals surface area (Å²) < 4.78 is 0. The number of nitriles is 1. The van der Waals surface area contributed by atoms with Crippen molar-refractivity contribution >= 4 is 45.8 Å². The molecule has 3 nitrogen and oxygen atoms in total. The summed E-state index contributed by atoms with van der Waals surface area (Å²) in [4.78, 5) is 14.3. The number of carbonyl (C=O) groups excluding carboxylic acids is 1. The molecular weight excluding hydrogens is 222 g/mol. The molecule has 64 valence electrons. The van der Waals surface area contributed by atoms with Gasteiger partial charge in [0.25, 0.3) is 0 Å². The first kappa shape index (κ1) is 11.4. The predicted octanol–water partition coefficient (Wildman–Crippen LogP) is 2.04. The average molecular weight is 225 g/mol. The minimum absolute atomic E-state index is 0.00606. The van der Waals surface area contributed by atoms with E-state index in [0.29, 0.717) is 0 Å². The summed E-state index contributed by atoms with van der Waals surface area (Å²) in [5, 5.41) is 6.62. The van der Waals surface area contributed by atoms with E-state index in [1.807, 2.05) is 0 Å². The molecule has 12 heavy (non-hydrogen) atoms. The molecule has 0 aliphatic carbocycles. The Labute approximate surface area is 84.2 Å². The second kappa shape index (κ2) is 5.15. The lowest BCUT2D eigenvalue weighted by Crippen LogP contribution is -2.12. The maximum Gasteiger partial charge on any atom is 0.197 e. The van der Waals surface area contributed by atoms with Gasteiger partial charge < -0.3 is 0 Å². The van der Waals surface area contributed by atoms with Crippen molar-refractivity contribution in [2.45, 2.75) is 0 Å². The second-order valence-corrected chi connectivity index (χ2v) is 2.77. The Balaban J connectivity index is 0.000000561. The molecule has 0 aromatic carbocycles.